The number of fused-ring (bicyclic) bond motifs is 1. The van der Waals surface area contributed by atoms with E-state index in [1.54, 1.807) is 29.9 Å². The molecule has 10 heteroatoms. The fraction of sp³-hybridized carbons (Fsp3) is 0.524. The summed E-state index contributed by atoms with van der Waals surface area (Å²) < 4.78 is 29.4. The predicted octanol–water partition coefficient (Wildman–Crippen LogP) is 3.82. The van der Waals surface area contributed by atoms with Gasteiger partial charge in [0.25, 0.3) is 0 Å². The van der Waals surface area contributed by atoms with Crippen LogP contribution in [0.15, 0.2) is 18.3 Å². The number of nitrogens with zero attached hydrogens (tertiary/aromatic N) is 7. The second-order valence-electron chi connectivity index (χ2n) is 9.00. The maximum absolute atomic E-state index is 13.9. The molecule has 0 N–H and O–H groups in total. The maximum atomic E-state index is 13.9. The lowest BCUT2D eigenvalue weighted by atomic mass is 9.72. The Kier molecular flexibility index (Phi) is 4.67. The van der Waals surface area contributed by atoms with Crippen molar-refractivity contribution in [3.8, 4) is 5.82 Å². The van der Waals surface area contributed by atoms with E-state index in [1.807, 2.05) is 0 Å². The third-order valence-electron chi connectivity index (χ3n) is 6.36. The van der Waals surface area contributed by atoms with Crippen molar-refractivity contribution in [3.05, 3.63) is 35.0 Å². The summed E-state index contributed by atoms with van der Waals surface area (Å²) in [5.74, 6) is -2.60. The zero-order valence-corrected chi connectivity index (χ0v) is 18.5. The molecule has 0 radical (unpaired) electrons. The van der Waals surface area contributed by atoms with Crippen molar-refractivity contribution in [1.82, 2.24) is 29.6 Å². The third kappa shape index (κ3) is 3.63. The van der Waals surface area contributed by atoms with Gasteiger partial charge in [-0.2, -0.15) is 8.78 Å². The summed E-state index contributed by atoms with van der Waals surface area (Å²) in [4.78, 5) is 16.9. The van der Waals surface area contributed by atoms with Crippen LogP contribution in [0.2, 0.25) is 5.15 Å². The van der Waals surface area contributed by atoms with Crippen LogP contribution in [0.4, 0.5) is 14.6 Å². The molecule has 3 aromatic rings. The molecule has 0 atom stereocenters. The van der Waals surface area contributed by atoms with Gasteiger partial charge in [-0.25, -0.2) is 19.6 Å². The molecule has 0 aliphatic carbocycles. The van der Waals surface area contributed by atoms with Crippen LogP contribution in [0.5, 0.6) is 0 Å². The van der Waals surface area contributed by atoms with E-state index in [0.29, 0.717) is 21.8 Å². The van der Waals surface area contributed by atoms with Crippen molar-refractivity contribution in [2.24, 2.45) is 5.41 Å². The van der Waals surface area contributed by atoms with Crippen LogP contribution >= 0.6 is 11.6 Å². The van der Waals surface area contributed by atoms with Gasteiger partial charge in [-0.05, 0) is 39.9 Å². The molecule has 3 aromatic heterocycles. The smallest absolute Gasteiger partial charge is 0.303 e. The zero-order chi connectivity index (χ0) is 22.0. The van der Waals surface area contributed by atoms with Crippen LogP contribution in [-0.2, 0) is 5.92 Å². The highest BCUT2D eigenvalue weighted by Gasteiger charge is 2.45. The molecular weight excluding hydrogens is 424 g/mol. The average Bonchev–Trinajstić information content (AvgIpc) is 3.04. The van der Waals surface area contributed by atoms with E-state index < -0.39 is 11.7 Å². The van der Waals surface area contributed by atoms with Crippen molar-refractivity contribution in [3.63, 3.8) is 0 Å². The van der Waals surface area contributed by atoms with Crippen LogP contribution in [0, 0.1) is 12.3 Å². The van der Waals surface area contributed by atoms with Crippen LogP contribution < -0.4 is 4.90 Å². The highest BCUT2D eigenvalue weighted by atomic mass is 35.5. The molecule has 2 saturated heterocycles. The van der Waals surface area contributed by atoms with Crippen molar-refractivity contribution in [2.45, 2.75) is 32.6 Å². The summed E-state index contributed by atoms with van der Waals surface area (Å²) in [7, 11) is 2.16. The summed E-state index contributed by atoms with van der Waals surface area (Å²) >= 11 is 6.16. The summed E-state index contributed by atoms with van der Waals surface area (Å²) in [6.45, 7) is 6.52. The molecule has 0 aromatic carbocycles. The number of hydrogen-bond donors (Lipinski definition) is 0. The highest BCUT2D eigenvalue weighted by molar-refractivity contribution is 6.30. The van der Waals surface area contributed by atoms with Gasteiger partial charge in [0.15, 0.2) is 11.6 Å². The lowest BCUT2D eigenvalue weighted by molar-refractivity contribution is 0.00747. The second-order valence-corrected chi connectivity index (χ2v) is 9.39. The van der Waals surface area contributed by atoms with E-state index in [9.17, 15) is 8.78 Å². The minimum atomic E-state index is -3.15. The number of halogens is 3. The Morgan fingerprint density at radius 1 is 1.13 bits per heavy atom. The predicted molar refractivity (Wildman–Crippen MR) is 115 cm³/mol. The minimum absolute atomic E-state index is 0.289. The van der Waals surface area contributed by atoms with Crippen molar-refractivity contribution in [2.75, 3.05) is 38.1 Å². The molecule has 0 saturated carbocycles. The van der Waals surface area contributed by atoms with E-state index in [2.05, 4.69) is 31.8 Å². The topological polar surface area (TPSA) is 63.0 Å². The van der Waals surface area contributed by atoms with E-state index in [-0.39, 0.29) is 5.82 Å². The van der Waals surface area contributed by atoms with Gasteiger partial charge in [0, 0.05) is 49.5 Å². The molecule has 0 bridgehead atoms. The standard InChI is InChI=1S/C21H24ClF2N7/c1-13-8-17(27-19(26-13)20(2,23)24)31-15-9-16(22)25-10-14(15)18(28-31)30-11-21(12-30)4-6-29(3)7-5-21/h8-10H,4-7,11-12H2,1-3H3. The van der Waals surface area contributed by atoms with Gasteiger partial charge >= 0.3 is 5.92 Å². The van der Waals surface area contributed by atoms with Crippen LogP contribution in [-0.4, -0.2) is 62.9 Å². The van der Waals surface area contributed by atoms with Crippen molar-refractivity contribution >= 4 is 28.3 Å². The molecule has 7 nitrogen and oxygen atoms in total. The molecule has 2 aliphatic heterocycles. The van der Waals surface area contributed by atoms with Gasteiger partial charge in [0.05, 0.1) is 10.9 Å². The number of hydrogen-bond acceptors (Lipinski definition) is 6. The minimum Gasteiger partial charge on any atom is -0.353 e. The van der Waals surface area contributed by atoms with Crippen LogP contribution in [0.25, 0.3) is 16.7 Å². The third-order valence-corrected chi connectivity index (χ3v) is 6.57. The SMILES string of the molecule is Cc1cc(-n2nc(N3CC4(CCN(C)CC4)C3)c3cnc(Cl)cc32)nc(C(C)(F)F)n1. The van der Waals surface area contributed by atoms with Gasteiger partial charge in [0.1, 0.15) is 5.15 Å². The number of rotatable bonds is 3. The molecule has 31 heavy (non-hydrogen) atoms. The second kappa shape index (κ2) is 7.06. The average molecular weight is 448 g/mol. The zero-order valence-electron chi connectivity index (χ0n) is 17.7. The molecular formula is C21H24ClF2N7. The molecule has 1 spiro atoms. The largest absolute Gasteiger partial charge is 0.353 e. The maximum Gasteiger partial charge on any atom is 0.303 e. The quantitative estimate of drug-likeness (QED) is 0.569. The highest BCUT2D eigenvalue weighted by Crippen LogP contribution is 2.44. The van der Waals surface area contributed by atoms with E-state index in [1.165, 1.54) is 12.8 Å². The number of aryl methyl sites for hydroxylation is 1. The van der Waals surface area contributed by atoms with Crippen LogP contribution in [0.1, 0.15) is 31.3 Å². The first-order chi connectivity index (χ1) is 14.6. The Hall–Kier alpha value is -2.39. The number of likely N-dealkylation sites (tertiary alicyclic amines) is 1. The molecule has 5 rings (SSSR count). The molecule has 5 heterocycles. The fourth-order valence-corrected chi connectivity index (χ4v) is 4.71. The van der Waals surface area contributed by atoms with Crippen molar-refractivity contribution in [1.29, 1.82) is 0 Å². The summed E-state index contributed by atoms with van der Waals surface area (Å²) in [5.41, 5.74) is 1.45. The Labute approximate surface area is 184 Å². The van der Waals surface area contributed by atoms with Gasteiger partial charge < -0.3 is 9.80 Å². The fourth-order valence-electron chi connectivity index (χ4n) is 4.56. The normalized spacial score (nSPS) is 19.2. The van der Waals surface area contributed by atoms with Gasteiger partial charge in [-0.3, -0.25) is 0 Å². The molecule has 164 valence electrons. The first-order valence-corrected chi connectivity index (χ1v) is 10.7. The Balaban J connectivity index is 1.56. The Morgan fingerprint density at radius 3 is 2.52 bits per heavy atom. The monoisotopic (exact) mass is 447 g/mol. The number of anilines is 1. The molecule has 2 aliphatic rings. The van der Waals surface area contributed by atoms with E-state index in [0.717, 1.165) is 44.3 Å². The Bertz CT molecular complexity index is 1140. The van der Waals surface area contributed by atoms with Crippen molar-refractivity contribution < 1.29 is 8.78 Å². The van der Waals surface area contributed by atoms with E-state index in [4.69, 9.17) is 16.7 Å². The van der Waals surface area contributed by atoms with Gasteiger partial charge in [0.2, 0.25) is 5.82 Å². The molecule has 0 amide bonds. The number of alkyl halides is 2. The summed E-state index contributed by atoms with van der Waals surface area (Å²) in [6.07, 6.45) is 4.03. The lowest BCUT2D eigenvalue weighted by Crippen LogP contribution is -2.60. The summed E-state index contributed by atoms with van der Waals surface area (Å²) in [6, 6.07) is 3.34. The lowest BCUT2D eigenvalue weighted by Gasteiger charge is -2.54. The van der Waals surface area contributed by atoms with Gasteiger partial charge in [-0.1, -0.05) is 11.6 Å². The molecule has 2 fully saturated rings. The van der Waals surface area contributed by atoms with Crippen LogP contribution in [0.3, 0.4) is 0 Å². The number of aromatic nitrogens is 5. The number of piperidine rings is 1. The summed E-state index contributed by atoms with van der Waals surface area (Å²) in [5, 5.41) is 5.91. The molecule has 0 unspecified atom stereocenters. The Morgan fingerprint density at radius 2 is 1.84 bits per heavy atom. The first-order valence-electron chi connectivity index (χ1n) is 10.4. The number of pyridine rings is 1. The first kappa shape index (κ1) is 20.5. The van der Waals surface area contributed by atoms with E-state index >= 15 is 0 Å². The van der Waals surface area contributed by atoms with Gasteiger partial charge in [-0.15, -0.1) is 5.10 Å².